The van der Waals surface area contributed by atoms with E-state index < -0.39 is 0 Å². The van der Waals surface area contributed by atoms with Gasteiger partial charge in [-0.2, -0.15) is 0 Å². The van der Waals surface area contributed by atoms with Gasteiger partial charge in [0.2, 0.25) is 0 Å². The van der Waals surface area contributed by atoms with Crippen LogP contribution in [0.5, 0.6) is 0 Å². The molecule has 98 valence electrons. The van der Waals surface area contributed by atoms with Crippen LogP contribution in [0.3, 0.4) is 0 Å². The first-order valence-electron chi connectivity index (χ1n) is 6.73. The highest BCUT2D eigenvalue weighted by Gasteiger charge is 2.39. The van der Waals surface area contributed by atoms with Crippen molar-refractivity contribution in [2.75, 3.05) is 0 Å². The Morgan fingerprint density at radius 1 is 1.37 bits per heavy atom. The Bertz CT molecular complexity index is 632. The van der Waals surface area contributed by atoms with Gasteiger partial charge in [-0.1, -0.05) is 36.9 Å². The third kappa shape index (κ3) is 2.36. The van der Waals surface area contributed by atoms with Crippen molar-refractivity contribution in [1.29, 1.82) is 0 Å². The second-order valence-electron chi connectivity index (χ2n) is 5.44. The van der Waals surface area contributed by atoms with Crippen LogP contribution in [0.25, 0.3) is 10.8 Å². The summed E-state index contributed by atoms with van der Waals surface area (Å²) in [6.45, 7) is 6.01. The molecule has 2 aromatic rings. The fraction of sp³-hybridized carbons (Fsp3) is 0.294. The maximum absolute atomic E-state index is 9.41. The summed E-state index contributed by atoms with van der Waals surface area (Å²) in [5.41, 5.74) is 3.37. The highest BCUT2D eigenvalue weighted by molar-refractivity contribution is 5.87. The number of benzene rings is 2. The van der Waals surface area contributed by atoms with E-state index in [9.17, 15) is 5.11 Å². The number of hydrogen-bond donors (Lipinski definition) is 2. The molecule has 19 heavy (non-hydrogen) atoms. The zero-order valence-electron chi connectivity index (χ0n) is 11.2. The molecule has 2 heteroatoms. The van der Waals surface area contributed by atoms with Crippen LogP contribution in [-0.2, 0) is 6.61 Å². The van der Waals surface area contributed by atoms with Crippen molar-refractivity contribution in [2.45, 2.75) is 31.9 Å². The lowest BCUT2D eigenvalue weighted by Crippen LogP contribution is -2.14. The average molecular weight is 253 g/mol. The predicted octanol–water partition coefficient (Wildman–Crippen LogP) is 3.31. The molecular weight excluding hydrogens is 234 g/mol. The number of nitrogens with one attached hydrogen (secondary N) is 1. The van der Waals surface area contributed by atoms with Crippen molar-refractivity contribution in [2.24, 2.45) is 0 Å². The minimum atomic E-state index is 0.100. The summed E-state index contributed by atoms with van der Waals surface area (Å²) >= 11 is 0. The SMILES string of the molecule is C=C(C)NC1CC1c1cc(CO)cc2ccccc12. The molecule has 0 saturated heterocycles. The fourth-order valence-electron chi connectivity index (χ4n) is 2.82. The topological polar surface area (TPSA) is 32.3 Å². The molecule has 0 radical (unpaired) electrons. The maximum Gasteiger partial charge on any atom is 0.0682 e. The molecule has 0 heterocycles. The fourth-order valence-corrected chi connectivity index (χ4v) is 2.82. The second-order valence-corrected chi connectivity index (χ2v) is 5.44. The zero-order chi connectivity index (χ0) is 13.4. The zero-order valence-corrected chi connectivity index (χ0v) is 11.2. The summed E-state index contributed by atoms with van der Waals surface area (Å²) in [5.74, 6) is 0.535. The Morgan fingerprint density at radius 3 is 2.89 bits per heavy atom. The van der Waals surface area contributed by atoms with Crippen LogP contribution in [0.1, 0.15) is 30.4 Å². The molecule has 2 atom stereocenters. The van der Waals surface area contributed by atoms with Gasteiger partial charge in [0.15, 0.2) is 0 Å². The van der Waals surface area contributed by atoms with Crippen LogP contribution >= 0.6 is 0 Å². The molecule has 0 aliphatic heterocycles. The number of rotatable bonds is 4. The molecule has 2 unspecified atom stereocenters. The lowest BCUT2D eigenvalue weighted by Gasteiger charge is -2.10. The van der Waals surface area contributed by atoms with Crippen molar-refractivity contribution in [3.05, 3.63) is 59.8 Å². The Balaban J connectivity index is 2.01. The van der Waals surface area contributed by atoms with Crippen LogP contribution < -0.4 is 5.32 Å². The molecule has 1 aliphatic carbocycles. The average Bonchev–Trinajstić information content (AvgIpc) is 3.15. The summed E-state index contributed by atoms with van der Waals surface area (Å²) in [7, 11) is 0. The monoisotopic (exact) mass is 253 g/mol. The number of aliphatic hydroxyl groups is 1. The van der Waals surface area contributed by atoms with Crippen LogP contribution in [0.4, 0.5) is 0 Å². The number of hydrogen-bond acceptors (Lipinski definition) is 2. The molecular formula is C17H19NO. The second kappa shape index (κ2) is 4.71. The van der Waals surface area contributed by atoms with Gasteiger partial charge in [-0.3, -0.25) is 0 Å². The Kier molecular flexibility index (Phi) is 3.03. The summed E-state index contributed by atoms with van der Waals surface area (Å²) in [6.07, 6.45) is 1.14. The standard InChI is InChI=1S/C17H19NO/c1-11(2)18-17-9-16(17)15-8-12(10-19)7-13-5-3-4-6-14(13)15/h3-8,16-19H,1,9-10H2,2H3. The largest absolute Gasteiger partial charge is 0.392 e. The summed E-state index contributed by atoms with van der Waals surface area (Å²) in [4.78, 5) is 0. The summed E-state index contributed by atoms with van der Waals surface area (Å²) < 4.78 is 0. The lowest BCUT2D eigenvalue weighted by molar-refractivity contribution is 0.282. The van der Waals surface area contributed by atoms with Crippen LogP contribution in [0.15, 0.2) is 48.7 Å². The van der Waals surface area contributed by atoms with Crippen LogP contribution in [0, 0.1) is 0 Å². The third-order valence-corrected chi connectivity index (χ3v) is 3.76. The van der Waals surface area contributed by atoms with Gasteiger partial charge in [0.1, 0.15) is 0 Å². The van der Waals surface area contributed by atoms with Gasteiger partial charge in [-0.15, -0.1) is 0 Å². The van der Waals surface area contributed by atoms with Crippen molar-refractivity contribution < 1.29 is 5.11 Å². The molecule has 2 N–H and O–H groups in total. The molecule has 0 bridgehead atoms. The van der Waals surface area contributed by atoms with Gasteiger partial charge in [0.05, 0.1) is 6.61 Å². The molecule has 0 aromatic heterocycles. The Labute approximate surface area is 113 Å². The maximum atomic E-state index is 9.41. The summed E-state index contributed by atoms with van der Waals surface area (Å²) in [5, 5.41) is 15.3. The Hall–Kier alpha value is -1.80. The van der Waals surface area contributed by atoms with Crippen molar-refractivity contribution in [3.63, 3.8) is 0 Å². The molecule has 0 spiro atoms. The van der Waals surface area contributed by atoms with E-state index in [0.29, 0.717) is 12.0 Å². The number of allylic oxidation sites excluding steroid dienone is 1. The van der Waals surface area contributed by atoms with E-state index >= 15 is 0 Å². The van der Waals surface area contributed by atoms with E-state index in [0.717, 1.165) is 17.7 Å². The minimum Gasteiger partial charge on any atom is -0.392 e. The molecule has 0 amide bonds. The highest BCUT2D eigenvalue weighted by atomic mass is 16.3. The quantitative estimate of drug-likeness (QED) is 0.876. The highest BCUT2D eigenvalue weighted by Crippen LogP contribution is 2.44. The first-order chi connectivity index (χ1) is 9.19. The Morgan fingerprint density at radius 2 is 2.16 bits per heavy atom. The van der Waals surface area contributed by atoms with E-state index in [1.54, 1.807) is 0 Å². The minimum absolute atomic E-state index is 0.100. The van der Waals surface area contributed by atoms with Crippen LogP contribution in [0.2, 0.25) is 0 Å². The van der Waals surface area contributed by atoms with Gasteiger partial charge in [-0.05, 0) is 41.3 Å². The van der Waals surface area contributed by atoms with E-state index in [4.69, 9.17) is 0 Å². The number of fused-ring (bicyclic) bond motifs is 1. The van der Waals surface area contributed by atoms with Gasteiger partial charge in [0.25, 0.3) is 0 Å². The van der Waals surface area contributed by atoms with E-state index in [1.165, 1.54) is 16.3 Å². The smallest absolute Gasteiger partial charge is 0.0682 e. The van der Waals surface area contributed by atoms with Gasteiger partial charge >= 0.3 is 0 Å². The molecule has 1 aliphatic rings. The molecule has 1 saturated carbocycles. The van der Waals surface area contributed by atoms with Gasteiger partial charge in [0, 0.05) is 17.7 Å². The van der Waals surface area contributed by atoms with E-state index in [-0.39, 0.29) is 6.61 Å². The molecule has 3 rings (SSSR count). The lowest BCUT2D eigenvalue weighted by atomic mass is 9.98. The van der Waals surface area contributed by atoms with Gasteiger partial charge in [-0.25, -0.2) is 0 Å². The van der Waals surface area contributed by atoms with Gasteiger partial charge < -0.3 is 10.4 Å². The van der Waals surface area contributed by atoms with Crippen molar-refractivity contribution in [1.82, 2.24) is 5.32 Å². The first kappa shape index (κ1) is 12.2. The molecule has 2 aromatic carbocycles. The normalized spacial score (nSPS) is 21.4. The third-order valence-electron chi connectivity index (χ3n) is 3.76. The summed E-state index contributed by atoms with van der Waals surface area (Å²) in [6, 6.07) is 13.1. The number of aliphatic hydroxyl groups excluding tert-OH is 1. The van der Waals surface area contributed by atoms with E-state index in [2.05, 4.69) is 42.2 Å². The molecule has 1 fully saturated rings. The van der Waals surface area contributed by atoms with Crippen molar-refractivity contribution >= 4 is 10.8 Å². The van der Waals surface area contributed by atoms with Crippen molar-refractivity contribution in [3.8, 4) is 0 Å². The first-order valence-corrected chi connectivity index (χ1v) is 6.73. The van der Waals surface area contributed by atoms with E-state index in [1.807, 2.05) is 13.0 Å². The van der Waals surface area contributed by atoms with Crippen LogP contribution in [-0.4, -0.2) is 11.1 Å². The molecule has 2 nitrogen and oxygen atoms in total. The predicted molar refractivity (Wildman–Crippen MR) is 79.0 cm³/mol.